The van der Waals surface area contributed by atoms with Crippen molar-refractivity contribution in [3.63, 3.8) is 0 Å². The molecule has 0 aliphatic carbocycles. The van der Waals surface area contributed by atoms with Crippen molar-refractivity contribution in [2.75, 3.05) is 0 Å². The van der Waals surface area contributed by atoms with Crippen LogP contribution in [-0.4, -0.2) is 15.6 Å². The molecule has 1 aromatic heterocycles. The SMILES string of the molecule is CCC(=O)c1ccnn1-c1ccccc1. The van der Waals surface area contributed by atoms with Crippen LogP contribution in [0.15, 0.2) is 42.6 Å². The van der Waals surface area contributed by atoms with Gasteiger partial charge in [0.05, 0.1) is 11.9 Å². The van der Waals surface area contributed by atoms with Crippen molar-refractivity contribution in [1.29, 1.82) is 0 Å². The molecule has 2 aromatic rings. The maximum atomic E-state index is 11.6. The molecule has 0 saturated heterocycles. The number of nitrogens with zero attached hydrogens (tertiary/aromatic N) is 2. The Hall–Kier alpha value is -1.90. The topological polar surface area (TPSA) is 34.9 Å². The number of para-hydroxylation sites is 1. The fraction of sp³-hybridized carbons (Fsp3) is 0.167. The number of rotatable bonds is 3. The minimum atomic E-state index is 0.108. The highest BCUT2D eigenvalue weighted by atomic mass is 16.1. The Morgan fingerprint density at radius 1 is 1.27 bits per heavy atom. The third-order valence-corrected chi connectivity index (χ3v) is 2.25. The summed E-state index contributed by atoms with van der Waals surface area (Å²) in [5.74, 6) is 0.108. The number of Topliss-reactive ketones (excluding diaryl/α,β-unsaturated/α-hetero) is 1. The van der Waals surface area contributed by atoms with Crippen LogP contribution in [0.2, 0.25) is 0 Å². The summed E-state index contributed by atoms with van der Waals surface area (Å²) in [5, 5.41) is 4.15. The van der Waals surface area contributed by atoms with Crippen molar-refractivity contribution in [3.8, 4) is 5.69 Å². The van der Waals surface area contributed by atoms with E-state index in [2.05, 4.69) is 5.10 Å². The third-order valence-electron chi connectivity index (χ3n) is 2.25. The Kier molecular flexibility index (Phi) is 2.63. The molecule has 0 spiro atoms. The smallest absolute Gasteiger partial charge is 0.181 e. The van der Waals surface area contributed by atoms with Gasteiger partial charge < -0.3 is 0 Å². The summed E-state index contributed by atoms with van der Waals surface area (Å²) in [6.07, 6.45) is 2.15. The van der Waals surface area contributed by atoms with Gasteiger partial charge in [0.2, 0.25) is 0 Å². The average Bonchev–Trinajstić information content (AvgIpc) is 2.78. The molecule has 2 rings (SSSR count). The number of hydrogen-bond donors (Lipinski definition) is 0. The van der Waals surface area contributed by atoms with Gasteiger partial charge in [-0.3, -0.25) is 4.79 Å². The molecule has 0 fully saturated rings. The summed E-state index contributed by atoms with van der Waals surface area (Å²) < 4.78 is 1.67. The van der Waals surface area contributed by atoms with Crippen LogP contribution >= 0.6 is 0 Å². The van der Waals surface area contributed by atoms with Crippen LogP contribution in [0.1, 0.15) is 23.8 Å². The first-order chi connectivity index (χ1) is 7.33. The van der Waals surface area contributed by atoms with Gasteiger partial charge in [0.15, 0.2) is 5.78 Å². The van der Waals surface area contributed by atoms with Crippen LogP contribution in [-0.2, 0) is 0 Å². The minimum Gasteiger partial charge on any atom is -0.292 e. The van der Waals surface area contributed by atoms with Crippen LogP contribution in [0.5, 0.6) is 0 Å². The zero-order valence-corrected chi connectivity index (χ0v) is 8.55. The van der Waals surface area contributed by atoms with Crippen LogP contribution in [0.25, 0.3) is 5.69 Å². The van der Waals surface area contributed by atoms with Gasteiger partial charge in [0.1, 0.15) is 5.69 Å². The van der Waals surface area contributed by atoms with Crippen LogP contribution in [0.3, 0.4) is 0 Å². The first-order valence-corrected chi connectivity index (χ1v) is 4.95. The second-order valence-corrected chi connectivity index (χ2v) is 3.24. The molecule has 15 heavy (non-hydrogen) atoms. The fourth-order valence-corrected chi connectivity index (χ4v) is 1.47. The Labute approximate surface area is 88.4 Å². The average molecular weight is 200 g/mol. The monoisotopic (exact) mass is 200 g/mol. The van der Waals surface area contributed by atoms with Crippen molar-refractivity contribution in [1.82, 2.24) is 9.78 Å². The molecule has 3 heteroatoms. The molecule has 76 valence electrons. The lowest BCUT2D eigenvalue weighted by atomic mass is 10.2. The van der Waals surface area contributed by atoms with E-state index in [1.807, 2.05) is 37.3 Å². The first-order valence-electron chi connectivity index (χ1n) is 4.95. The van der Waals surface area contributed by atoms with Crippen LogP contribution in [0.4, 0.5) is 0 Å². The number of carbonyl (C=O) groups is 1. The summed E-state index contributed by atoms with van der Waals surface area (Å²) in [6.45, 7) is 1.85. The van der Waals surface area contributed by atoms with E-state index in [1.54, 1.807) is 16.9 Å². The molecule has 0 N–H and O–H groups in total. The lowest BCUT2D eigenvalue weighted by molar-refractivity contribution is 0.0980. The molecular weight excluding hydrogens is 188 g/mol. The molecule has 0 saturated carbocycles. The van der Waals surface area contributed by atoms with E-state index in [4.69, 9.17) is 0 Å². The lowest BCUT2D eigenvalue weighted by Crippen LogP contribution is -2.07. The molecule has 0 atom stereocenters. The summed E-state index contributed by atoms with van der Waals surface area (Å²) in [5.41, 5.74) is 1.56. The molecule has 0 unspecified atom stereocenters. The van der Waals surface area contributed by atoms with Crippen LogP contribution < -0.4 is 0 Å². The largest absolute Gasteiger partial charge is 0.292 e. The number of carbonyl (C=O) groups excluding carboxylic acids is 1. The van der Waals surface area contributed by atoms with E-state index in [0.717, 1.165) is 5.69 Å². The molecule has 1 heterocycles. The molecule has 0 aliphatic heterocycles. The second kappa shape index (κ2) is 4.09. The quantitative estimate of drug-likeness (QED) is 0.713. The van der Waals surface area contributed by atoms with Crippen molar-refractivity contribution in [3.05, 3.63) is 48.3 Å². The molecule has 0 radical (unpaired) electrons. The van der Waals surface area contributed by atoms with Crippen molar-refractivity contribution in [2.45, 2.75) is 13.3 Å². The van der Waals surface area contributed by atoms with Gasteiger partial charge >= 0.3 is 0 Å². The summed E-state index contributed by atoms with van der Waals surface area (Å²) in [6, 6.07) is 11.4. The highest BCUT2D eigenvalue weighted by Crippen LogP contribution is 2.11. The number of benzene rings is 1. The normalized spacial score (nSPS) is 10.2. The predicted molar refractivity (Wildman–Crippen MR) is 58.2 cm³/mol. The lowest BCUT2D eigenvalue weighted by Gasteiger charge is -2.04. The van der Waals surface area contributed by atoms with E-state index in [1.165, 1.54) is 0 Å². The van der Waals surface area contributed by atoms with Crippen molar-refractivity contribution in [2.24, 2.45) is 0 Å². The van der Waals surface area contributed by atoms with E-state index in [-0.39, 0.29) is 5.78 Å². The Balaban J connectivity index is 2.46. The third kappa shape index (κ3) is 1.81. The molecule has 0 amide bonds. The fourth-order valence-electron chi connectivity index (χ4n) is 1.47. The van der Waals surface area contributed by atoms with Gasteiger partial charge in [0, 0.05) is 6.42 Å². The summed E-state index contributed by atoms with van der Waals surface area (Å²) in [4.78, 5) is 11.6. The molecular formula is C12H12N2O. The van der Waals surface area contributed by atoms with Crippen molar-refractivity contribution < 1.29 is 4.79 Å². The highest BCUT2D eigenvalue weighted by Gasteiger charge is 2.10. The number of aromatic nitrogens is 2. The molecule has 0 aliphatic rings. The maximum absolute atomic E-state index is 11.6. The second-order valence-electron chi connectivity index (χ2n) is 3.24. The van der Waals surface area contributed by atoms with Gasteiger partial charge in [-0.2, -0.15) is 5.10 Å². The van der Waals surface area contributed by atoms with Crippen molar-refractivity contribution >= 4 is 5.78 Å². The van der Waals surface area contributed by atoms with E-state index >= 15 is 0 Å². The molecule has 3 nitrogen and oxygen atoms in total. The zero-order valence-electron chi connectivity index (χ0n) is 8.55. The van der Waals surface area contributed by atoms with Gasteiger partial charge in [0.25, 0.3) is 0 Å². The van der Waals surface area contributed by atoms with Gasteiger partial charge in [-0.15, -0.1) is 0 Å². The number of ketones is 1. The van der Waals surface area contributed by atoms with E-state index in [9.17, 15) is 4.79 Å². The zero-order chi connectivity index (χ0) is 10.7. The maximum Gasteiger partial charge on any atom is 0.181 e. The summed E-state index contributed by atoms with van der Waals surface area (Å²) in [7, 11) is 0. The Morgan fingerprint density at radius 2 is 2.00 bits per heavy atom. The molecule has 0 bridgehead atoms. The minimum absolute atomic E-state index is 0.108. The van der Waals surface area contributed by atoms with E-state index < -0.39 is 0 Å². The highest BCUT2D eigenvalue weighted by molar-refractivity contribution is 5.94. The number of hydrogen-bond acceptors (Lipinski definition) is 2. The summed E-state index contributed by atoms with van der Waals surface area (Å²) >= 11 is 0. The standard InChI is InChI=1S/C12H12N2O/c1-2-12(15)11-8-9-13-14(11)10-6-4-3-5-7-10/h3-9H,2H2,1H3. The van der Waals surface area contributed by atoms with Gasteiger partial charge in [-0.25, -0.2) is 4.68 Å². The van der Waals surface area contributed by atoms with E-state index in [0.29, 0.717) is 12.1 Å². The molecule has 1 aromatic carbocycles. The van der Waals surface area contributed by atoms with Gasteiger partial charge in [-0.1, -0.05) is 25.1 Å². The Morgan fingerprint density at radius 3 is 2.67 bits per heavy atom. The Bertz CT molecular complexity index is 459. The van der Waals surface area contributed by atoms with Crippen LogP contribution in [0, 0.1) is 0 Å². The predicted octanol–water partition coefficient (Wildman–Crippen LogP) is 2.47. The first kappa shape index (κ1) is 9.65. The van der Waals surface area contributed by atoms with Gasteiger partial charge in [-0.05, 0) is 18.2 Å².